The summed E-state index contributed by atoms with van der Waals surface area (Å²) in [5.41, 5.74) is 2.92. The molecule has 2 nitrogen and oxygen atoms in total. The van der Waals surface area contributed by atoms with Gasteiger partial charge in [-0.25, -0.2) is 4.39 Å². The molecule has 2 aromatic carbocycles. The molecule has 1 aromatic heterocycles. The minimum atomic E-state index is -0.201. The number of hydrogen-bond donors (Lipinski definition) is 1. The lowest BCUT2D eigenvalue weighted by atomic mass is 10.2. The number of rotatable bonds is 4. The van der Waals surface area contributed by atoms with Crippen LogP contribution in [0.5, 0.6) is 0 Å². The number of benzene rings is 2. The summed E-state index contributed by atoms with van der Waals surface area (Å²) in [7, 11) is 0. The van der Waals surface area contributed by atoms with Gasteiger partial charge < -0.3 is 5.32 Å². The largest absolute Gasteiger partial charge is 0.307 e. The minimum absolute atomic E-state index is 0.201. The first-order valence-electron chi connectivity index (χ1n) is 6.61. The van der Waals surface area contributed by atoms with E-state index in [0.29, 0.717) is 13.1 Å². The molecule has 0 atom stereocenters. The Morgan fingerprint density at radius 3 is 2.70 bits per heavy atom. The predicted octanol–water partition coefficient (Wildman–Crippen LogP) is 3.66. The van der Waals surface area contributed by atoms with Gasteiger partial charge in [0.2, 0.25) is 0 Å². The van der Waals surface area contributed by atoms with Crippen molar-refractivity contribution in [1.82, 2.24) is 10.3 Å². The summed E-state index contributed by atoms with van der Waals surface area (Å²) in [6.45, 7) is 1.30. The Bertz CT molecular complexity index is 725. The van der Waals surface area contributed by atoms with Crippen LogP contribution in [-0.2, 0) is 13.1 Å². The van der Waals surface area contributed by atoms with E-state index in [-0.39, 0.29) is 5.82 Å². The molecule has 0 fully saturated rings. The van der Waals surface area contributed by atoms with Gasteiger partial charge in [-0.1, -0.05) is 36.4 Å². The van der Waals surface area contributed by atoms with Crippen molar-refractivity contribution in [3.8, 4) is 0 Å². The molecule has 1 heterocycles. The van der Waals surface area contributed by atoms with E-state index < -0.39 is 0 Å². The topological polar surface area (TPSA) is 24.9 Å². The van der Waals surface area contributed by atoms with Gasteiger partial charge in [-0.3, -0.25) is 4.98 Å². The molecule has 0 aliphatic carbocycles. The highest BCUT2D eigenvalue weighted by atomic mass is 19.1. The summed E-state index contributed by atoms with van der Waals surface area (Å²) in [4.78, 5) is 4.59. The number of halogens is 1. The van der Waals surface area contributed by atoms with Crippen LogP contribution in [0.3, 0.4) is 0 Å². The van der Waals surface area contributed by atoms with E-state index in [1.807, 2.05) is 36.4 Å². The zero-order valence-corrected chi connectivity index (χ0v) is 11.0. The molecular weight excluding hydrogens is 251 g/mol. The fourth-order valence-corrected chi connectivity index (χ4v) is 2.19. The summed E-state index contributed by atoms with van der Waals surface area (Å²) in [5, 5.41) is 4.42. The van der Waals surface area contributed by atoms with Crippen LogP contribution in [0.25, 0.3) is 10.9 Å². The molecule has 3 aromatic rings. The molecule has 3 heteroatoms. The average Bonchev–Trinajstić information content (AvgIpc) is 2.47. The van der Waals surface area contributed by atoms with Crippen LogP contribution in [0, 0.1) is 5.82 Å². The van der Waals surface area contributed by atoms with Crippen LogP contribution in [0.4, 0.5) is 4.39 Å². The maximum absolute atomic E-state index is 13.1. The van der Waals surface area contributed by atoms with E-state index in [4.69, 9.17) is 0 Å². The molecule has 1 N–H and O–H groups in total. The first kappa shape index (κ1) is 12.8. The fraction of sp³-hybridized carbons (Fsp3) is 0.118. The molecule has 20 heavy (non-hydrogen) atoms. The van der Waals surface area contributed by atoms with Crippen molar-refractivity contribution in [1.29, 1.82) is 0 Å². The van der Waals surface area contributed by atoms with Crippen molar-refractivity contribution in [2.75, 3.05) is 0 Å². The maximum atomic E-state index is 13.1. The standard InChI is InChI=1S/C17H15FN2/c18-15-6-3-4-13(10-15)11-19-12-16-9-8-14-5-1-2-7-17(14)20-16/h1-10,19H,11-12H2. The quantitative estimate of drug-likeness (QED) is 0.779. The highest BCUT2D eigenvalue weighted by molar-refractivity contribution is 5.78. The van der Waals surface area contributed by atoms with Crippen LogP contribution >= 0.6 is 0 Å². The Hall–Kier alpha value is -2.26. The monoisotopic (exact) mass is 266 g/mol. The number of hydrogen-bond acceptors (Lipinski definition) is 2. The molecule has 100 valence electrons. The van der Waals surface area contributed by atoms with Crippen molar-refractivity contribution in [2.45, 2.75) is 13.1 Å². The van der Waals surface area contributed by atoms with E-state index in [1.165, 1.54) is 6.07 Å². The summed E-state index contributed by atoms with van der Waals surface area (Å²) in [5.74, 6) is -0.201. The molecule has 0 unspecified atom stereocenters. The van der Waals surface area contributed by atoms with Gasteiger partial charge in [0.25, 0.3) is 0 Å². The van der Waals surface area contributed by atoms with Crippen LogP contribution < -0.4 is 5.32 Å². The molecule has 0 bridgehead atoms. The van der Waals surface area contributed by atoms with E-state index in [2.05, 4.69) is 16.4 Å². The van der Waals surface area contributed by atoms with Crippen LogP contribution in [0.2, 0.25) is 0 Å². The van der Waals surface area contributed by atoms with Gasteiger partial charge >= 0.3 is 0 Å². The zero-order valence-electron chi connectivity index (χ0n) is 11.0. The molecule has 0 radical (unpaired) electrons. The molecule has 0 saturated heterocycles. The molecule has 0 spiro atoms. The van der Waals surface area contributed by atoms with Gasteiger partial charge in [0.05, 0.1) is 11.2 Å². The maximum Gasteiger partial charge on any atom is 0.123 e. The van der Waals surface area contributed by atoms with Crippen LogP contribution in [0.1, 0.15) is 11.3 Å². The normalized spacial score (nSPS) is 10.8. The van der Waals surface area contributed by atoms with Crippen molar-refractivity contribution >= 4 is 10.9 Å². The Kier molecular flexibility index (Phi) is 3.70. The van der Waals surface area contributed by atoms with Gasteiger partial charge in [0.15, 0.2) is 0 Å². The van der Waals surface area contributed by atoms with Gasteiger partial charge in [0, 0.05) is 18.5 Å². The highest BCUT2D eigenvalue weighted by Gasteiger charge is 1.99. The predicted molar refractivity (Wildman–Crippen MR) is 78.7 cm³/mol. The minimum Gasteiger partial charge on any atom is -0.307 e. The zero-order chi connectivity index (χ0) is 13.8. The molecule has 0 saturated carbocycles. The molecule has 0 aliphatic rings. The number of pyridine rings is 1. The highest BCUT2D eigenvalue weighted by Crippen LogP contribution is 2.11. The third-order valence-electron chi connectivity index (χ3n) is 3.18. The lowest BCUT2D eigenvalue weighted by Gasteiger charge is -2.06. The van der Waals surface area contributed by atoms with Crippen molar-refractivity contribution in [2.24, 2.45) is 0 Å². The van der Waals surface area contributed by atoms with E-state index in [0.717, 1.165) is 22.2 Å². The molecular formula is C17H15FN2. The van der Waals surface area contributed by atoms with Crippen molar-refractivity contribution < 1.29 is 4.39 Å². The second kappa shape index (κ2) is 5.80. The van der Waals surface area contributed by atoms with Gasteiger partial charge in [-0.05, 0) is 29.8 Å². The molecule has 3 rings (SSSR count). The van der Waals surface area contributed by atoms with Gasteiger partial charge in [-0.15, -0.1) is 0 Å². The first-order chi connectivity index (χ1) is 9.81. The smallest absolute Gasteiger partial charge is 0.123 e. The Labute approximate surface area is 117 Å². The van der Waals surface area contributed by atoms with E-state index in [1.54, 1.807) is 12.1 Å². The van der Waals surface area contributed by atoms with E-state index in [9.17, 15) is 4.39 Å². The second-order valence-electron chi connectivity index (χ2n) is 4.73. The third kappa shape index (κ3) is 3.00. The first-order valence-corrected chi connectivity index (χ1v) is 6.61. The van der Waals surface area contributed by atoms with Crippen molar-refractivity contribution in [3.05, 3.63) is 77.7 Å². The Morgan fingerprint density at radius 1 is 0.900 bits per heavy atom. The third-order valence-corrected chi connectivity index (χ3v) is 3.18. The Morgan fingerprint density at radius 2 is 1.80 bits per heavy atom. The van der Waals surface area contributed by atoms with Crippen molar-refractivity contribution in [3.63, 3.8) is 0 Å². The van der Waals surface area contributed by atoms with Crippen LogP contribution in [-0.4, -0.2) is 4.98 Å². The number of fused-ring (bicyclic) bond motifs is 1. The lowest BCUT2D eigenvalue weighted by molar-refractivity contribution is 0.619. The van der Waals surface area contributed by atoms with Crippen LogP contribution in [0.15, 0.2) is 60.7 Å². The van der Waals surface area contributed by atoms with Gasteiger partial charge in [0.1, 0.15) is 5.82 Å². The number of aromatic nitrogens is 1. The summed E-state index contributed by atoms with van der Waals surface area (Å²) < 4.78 is 13.1. The molecule has 0 aliphatic heterocycles. The summed E-state index contributed by atoms with van der Waals surface area (Å²) in [6.07, 6.45) is 0. The average molecular weight is 266 g/mol. The fourth-order valence-electron chi connectivity index (χ4n) is 2.19. The summed E-state index contributed by atoms with van der Waals surface area (Å²) >= 11 is 0. The number of nitrogens with one attached hydrogen (secondary N) is 1. The lowest BCUT2D eigenvalue weighted by Crippen LogP contribution is -2.13. The Balaban J connectivity index is 1.65. The number of para-hydroxylation sites is 1. The summed E-state index contributed by atoms with van der Waals surface area (Å²) in [6, 6.07) is 18.8. The second-order valence-corrected chi connectivity index (χ2v) is 4.73. The van der Waals surface area contributed by atoms with E-state index >= 15 is 0 Å². The number of nitrogens with zero attached hydrogens (tertiary/aromatic N) is 1. The molecule has 0 amide bonds. The van der Waals surface area contributed by atoms with Gasteiger partial charge in [-0.2, -0.15) is 0 Å². The SMILES string of the molecule is Fc1cccc(CNCc2ccc3ccccc3n2)c1.